The Morgan fingerprint density at radius 1 is 1.09 bits per heavy atom. The van der Waals surface area contributed by atoms with Crippen LogP contribution in [-0.4, -0.2) is 36.3 Å². The number of rotatable bonds is 9. The van der Waals surface area contributed by atoms with E-state index in [4.69, 9.17) is 23.2 Å². The molecule has 12 heteroatoms. The van der Waals surface area contributed by atoms with Crippen LogP contribution in [0.25, 0.3) is 0 Å². The number of non-ortho nitro benzene ring substituents is 1. The normalized spacial score (nSPS) is 11.7. The Hall–Kier alpha value is -3.31. The first-order valence-corrected chi connectivity index (χ1v) is 12.3. The third-order valence-corrected chi connectivity index (χ3v) is 7.24. The zero-order valence-electron chi connectivity index (χ0n) is 18.4. The molecule has 0 aliphatic carbocycles. The number of nitro benzene ring substituents is 1. The third-order valence-electron chi connectivity index (χ3n) is 4.85. The van der Waals surface area contributed by atoms with Crippen molar-refractivity contribution in [2.45, 2.75) is 18.4 Å². The molecule has 35 heavy (non-hydrogen) atoms. The number of hydrogen-bond acceptors (Lipinski definition) is 6. The van der Waals surface area contributed by atoms with Crippen molar-refractivity contribution >= 4 is 51.0 Å². The average Bonchev–Trinajstić information content (AvgIpc) is 2.81. The molecule has 0 aliphatic heterocycles. The highest BCUT2D eigenvalue weighted by Gasteiger charge is 2.27. The number of carbonyl (C=O) groups is 1. The summed E-state index contributed by atoms with van der Waals surface area (Å²) >= 11 is 12.2. The minimum atomic E-state index is -4.06. The predicted octanol–water partition coefficient (Wildman–Crippen LogP) is 4.55. The van der Waals surface area contributed by atoms with Crippen LogP contribution in [0.1, 0.15) is 16.7 Å². The molecule has 0 spiro atoms. The Balaban J connectivity index is 1.79. The molecular formula is C23H20Cl2N4O5S. The van der Waals surface area contributed by atoms with E-state index in [0.29, 0.717) is 16.1 Å². The van der Waals surface area contributed by atoms with Gasteiger partial charge in [-0.3, -0.25) is 14.9 Å². The van der Waals surface area contributed by atoms with E-state index < -0.39 is 27.4 Å². The highest BCUT2D eigenvalue weighted by atomic mass is 35.5. The van der Waals surface area contributed by atoms with Gasteiger partial charge in [-0.25, -0.2) is 13.8 Å². The van der Waals surface area contributed by atoms with E-state index in [1.165, 1.54) is 48.7 Å². The molecule has 3 rings (SSSR count). The molecule has 0 radical (unpaired) electrons. The first kappa shape index (κ1) is 26.3. The number of halogens is 2. The standard InChI is InChI=1S/C23H20Cl2N4O5S/c1-16-2-10-21(11-3-16)35(33,34)28(14-18-6-7-19(24)12-22(18)25)15-23(30)27-26-13-17-4-8-20(9-5-17)29(31)32/h2-13H,14-15H2,1H3,(H,27,30)/b26-13-. The second-order valence-electron chi connectivity index (χ2n) is 7.46. The van der Waals surface area contributed by atoms with E-state index in [-0.39, 0.29) is 22.2 Å². The number of hydrazone groups is 1. The molecule has 182 valence electrons. The van der Waals surface area contributed by atoms with Crippen molar-refractivity contribution in [1.29, 1.82) is 0 Å². The largest absolute Gasteiger partial charge is 0.272 e. The van der Waals surface area contributed by atoms with Crippen LogP contribution in [0.3, 0.4) is 0 Å². The van der Waals surface area contributed by atoms with Gasteiger partial charge in [-0.15, -0.1) is 0 Å². The van der Waals surface area contributed by atoms with Gasteiger partial charge < -0.3 is 0 Å². The fraction of sp³-hybridized carbons (Fsp3) is 0.130. The summed E-state index contributed by atoms with van der Waals surface area (Å²) in [6, 6.07) is 16.4. The zero-order chi connectivity index (χ0) is 25.6. The number of sulfonamides is 1. The fourth-order valence-corrected chi connectivity index (χ4v) is 4.82. The lowest BCUT2D eigenvalue weighted by Crippen LogP contribution is -2.39. The molecule has 0 aromatic heterocycles. The molecule has 3 aromatic carbocycles. The van der Waals surface area contributed by atoms with Crippen LogP contribution in [0.5, 0.6) is 0 Å². The Labute approximate surface area is 212 Å². The zero-order valence-corrected chi connectivity index (χ0v) is 20.7. The van der Waals surface area contributed by atoms with E-state index in [2.05, 4.69) is 10.5 Å². The van der Waals surface area contributed by atoms with Crippen molar-refractivity contribution < 1.29 is 18.1 Å². The van der Waals surface area contributed by atoms with Gasteiger partial charge in [0.2, 0.25) is 10.0 Å². The second-order valence-corrected chi connectivity index (χ2v) is 10.2. The maximum Gasteiger partial charge on any atom is 0.269 e. The topological polar surface area (TPSA) is 122 Å². The number of nitrogens with one attached hydrogen (secondary N) is 1. The van der Waals surface area contributed by atoms with Crippen molar-refractivity contribution in [2.75, 3.05) is 6.54 Å². The minimum Gasteiger partial charge on any atom is -0.272 e. The Bertz CT molecular complexity index is 1360. The van der Waals surface area contributed by atoms with Gasteiger partial charge in [0.25, 0.3) is 11.6 Å². The molecule has 0 saturated heterocycles. The maximum absolute atomic E-state index is 13.3. The molecule has 0 heterocycles. The molecule has 0 atom stereocenters. The Morgan fingerprint density at radius 3 is 2.34 bits per heavy atom. The van der Waals surface area contributed by atoms with E-state index in [9.17, 15) is 23.3 Å². The van der Waals surface area contributed by atoms with Gasteiger partial charge in [-0.1, -0.05) is 47.0 Å². The summed E-state index contributed by atoms with van der Waals surface area (Å²) in [4.78, 5) is 22.8. The van der Waals surface area contributed by atoms with Crippen molar-refractivity contribution in [1.82, 2.24) is 9.73 Å². The van der Waals surface area contributed by atoms with Crippen molar-refractivity contribution in [3.05, 3.63) is 104 Å². The number of aryl methyl sites for hydroxylation is 1. The summed E-state index contributed by atoms with van der Waals surface area (Å²) in [5, 5.41) is 15.2. The summed E-state index contributed by atoms with van der Waals surface area (Å²) < 4.78 is 27.6. The SMILES string of the molecule is Cc1ccc(S(=O)(=O)N(CC(=O)N/N=C\c2ccc([N+](=O)[O-])cc2)Cc2ccc(Cl)cc2Cl)cc1. The molecule has 9 nitrogen and oxygen atoms in total. The lowest BCUT2D eigenvalue weighted by atomic mass is 10.2. The molecule has 0 aliphatic rings. The van der Waals surface area contributed by atoms with Gasteiger partial charge in [0.1, 0.15) is 0 Å². The van der Waals surface area contributed by atoms with Gasteiger partial charge in [0.05, 0.1) is 22.6 Å². The molecule has 0 saturated carbocycles. The summed E-state index contributed by atoms with van der Waals surface area (Å²) in [6.07, 6.45) is 1.29. The first-order chi connectivity index (χ1) is 16.6. The van der Waals surface area contributed by atoms with E-state index in [1.54, 1.807) is 24.3 Å². The summed E-state index contributed by atoms with van der Waals surface area (Å²) in [7, 11) is -4.06. The van der Waals surface area contributed by atoms with Crippen LogP contribution in [0.2, 0.25) is 10.0 Å². The third kappa shape index (κ3) is 7.09. The molecule has 3 aromatic rings. The first-order valence-electron chi connectivity index (χ1n) is 10.1. The monoisotopic (exact) mass is 534 g/mol. The molecule has 1 amide bonds. The Morgan fingerprint density at radius 2 is 1.74 bits per heavy atom. The molecule has 0 unspecified atom stereocenters. The number of benzene rings is 3. The van der Waals surface area contributed by atoms with Gasteiger partial charge in [0, 0.05) is 28.7 Å². The van der Waals surface area contributed by atoms with E-state index in [0.717, 1.165) is 9.87 Å². The summed E-state index contributed by atoms with van der Waals surface area (Å²) in [6.45, 7) is 1.12. The molecule has 1 N–H and O–H groups in total. The number of carbonyl (C=O) groups excluding carboxylic acids is 1. The molecule has 0 fully saturated rings. The van der Waals surface area contributed by atoms with Gasteiger partial charge in [-0.05, 0) is 54.4 Å². The lowest BCUT2D eigenvalue weighted by molar-refractivity contribution is -0.384. The summed E-state index contributed by atoms with van der Waals surface area (Å²) in [5.74, 6) is -0.691. The van der Waals surface area contributed by atoms with Crippen LogP contribution in [0.15, 0.2) is 76.7 Å². The minimum absolute atomic E-state index is 0.0235. The van der Waals surface area contributed by atoms with Gasteiger partial charge in [-0.2, -0.15) is 9.41 Å². The van der Waals surface area contributed by atoms with E-state index >= 15 is 0 Å². The van der Waals surface area contributed by atoms with Gasteiger partial charge in [0.15, 0.2) is 0 Å². The second kappa shape index (κ2) is 11.4. The van der Waals surface area contributed by atoms with Crippen LogP contribution in [0, 0.1) is 17.0 Å². The molecular weight excluding hydrogens is 515 g/mol. The number of amides is 1. The lowest BCUT2D eigenvalue weighted by Gasteiger charge is -2.22. The van der Waals surface area contributed by atoms with Crippen LogP contribution in [-0.2, 0) is 21.4 Å². The van der Waals surface area contributed by atoms with Crippen molar-refractivity contribution in [2.24, 2.45) is 5.10 Å². The van der Waals surface area contributed by atoms with Crippen molar-refractivity contribution in [3.8, 4) is 0 Å². The smallest absolute Gasteiger partial charge is 0.269 e. The average molecular weight is 535 g/mol. The van der Waals surface area contributed by atoms with Crippen molar-refractivity contribution in [3.63, 3.8) is 0 Å². The Kier molecular flexibility index (Phi) is 8.57. The number of nitrogens with zero attached hydrogens (tertiary/aromatic N) is 3. The van der Waals surface area contributed by atoms with Crippen LogP contribution in [0.4, 0.5) is 5.69 Å². The van der Waals surface area contributed by atoms with Crippen LogP contribution < -0.4 is 5.43 Å². The fourth-order valence-electron chi connectivity index (χ4n) is 2.98. The highest BCUT2D eigenvalue weighted by Crippen LogP contribution is 2.25. The molecule has 0 bridgehead atoms. The maximum atomic E-state index is 13.3. The summed E-state index contributed by atoms with van der Waals surface area (Å²) in [5.41, 5.74) is 4.06. The van der Waals surface area contributed by atoms with E-state index in [1.807, 2.05) is 6.92 Å². The predicted molar refractivity (Wildman–Crippen MR) is 134 cm³/mol. The van der Waals surface area contributed by atoms with Crippen LogP contribution >= 0.6 is 23.2 Å². The van der Waals surface area contributed by atoms with Gasteiger partial charge >= 0.3 is 0 Å². The quantitative estimate of drug-likeness (QED) is 0.245. The highest BCUT2D eigenvalue weighted by molar-refractivity contribution is 7.89. The number of nitro groups is 1. The number of hydrogen-bond donors (Lipinski definition) is 1.